The van der Waals surface area contributed by atoms with Crippen molar-refractivity contribution in [1.82, 2.24) is 9.78 Å². The van der Waals surface area contributed by atoms with Crippen LogP contribution in [0.4, 0.5) is 8.78 Å². The number of halogens is 2. The fourth-order valence-corrected chi connectivity index (χ4v) is 2.26. The molecule has 0 fully saturated rings. The molecule has 21 heavy (non-hydrogen) atoms. The number of hydrogen-bond donors (Lipinski definition) is 0. The van der Waals surface area contributed by atoms with E-state index in [2.05, 4.69) is 5.10 Å². The summed E-state index contributed by atoms with van der Waals surface area (Å²) in [5.41, 5.74) is -0.0308. The number of alkyl halides is 2. The third kappa shape index (κ3) is 2.63. The van der Waals surface area contributed by atoms with Crippen LogP contribution in [0, 0.1) is 26.0 Å². The lowest BCUT2D eigenvalue weighted by molar-refractivity contribution is -0.601. The molecule has 0 aliphatic heterocycles. The SMILES string of the molecule is Cc1cc(C)c(-n2ncc(C(C)(F)F)c(C)c2=O)[n+]([O-])c1. The van der Waals surface area contributed by atoms with Crippen molar-refractivity contribution < 1.29 is 13.5 Å². The summed E-state index contributed by atoms with van der Waals surface area (Å²) >= 11 is 0. The van der Waals surface area contributed by atoms with E-state index in [1.807, 2.05) is 0 Å². The molecule has 0 saturated carbocycles. The quantitative estimate of drug-likeness (QED) is 0.628. The molecule has 2 heterocycles. The van der Waals surface area contributed by atoms with E-state index in [4.69, 9.17) is 0 Å². The van der Waals surface area contributed by atoms with Crippen LogP contribution in [-0.2, 0) is 5.92 Å². The van der Waals surface area contributed by atoms with Crippen molar-refractivity contribution in [2.75, 3.05) is 0 Å². The van der Waals surface area contributed by atoms with E-state index in [1.54, 1.807) is 19.9 Å². The number of pyridine rings is 1. The molecule has 0 radical (unpaired) electrons. The summed E-state index contributed by atoms with van der Waals surface area (Å²) in [6.07, 6.45) is 2.23. The zero-order valence-corrected chi connectivity index (χ0v) is 12.1. The second kappa shape index (κ2) is 4.91. The molecule has 0 unspecified atom stereocenters. The van der Waals surface area contributed by atoms with Crippen LogP contribution >= 0.6 is 0 Å². The molecule has 0 amide bonds. The third-order valence-corrected chi connectivity index (χ3v) is 3.22. The maximum atomic E-state index is 13.4. The van der Waals surface area contributed by atoms with E-state index in [9.17, 15) is 18.8 Å². The van der Waals surface area contributed by atoms with E-state index in [0.717, 1.165) is 16.4 Å². The Morgan fingerprint density at radius 2 is 1.95 bits per heavy atom. The largest absolute Gasteiger partial charge is 0.711 e. The first kappa shape index (κ1) is 15.1. The molecular formula is C14H15F2N3O2. The number of rotatable bonds is 2. The summed E-state index contributed by atoms with van der Waals surface area (Å²) in [7, 11) is 0. The minimum atomic E-state index is -3.16. The molecule has 0 aliphatic rings. The van der Waals surface area contributed by atoms with Crippen LogP contribution in [0.1, 0.15) is 29.2 Å². The highest BCUT2D eigenvalue weighted by atomic mass is 19.3. The molecular weight excluding hydrogens is 280 g/mol. The third-order valence-electron chi connectivity index (χ3n) is 3.22. The minimum Gasteiger partial charge on any atom is -0.711 e. The van der Waals surface area contributed by atoms with Crippen LogP contribution in [-0.4, -0.2) is 9.78 Å². The summed E-state index contributed by atoms with van der Waals surface area (Å²) in [6, 6.07) is 1.72. The number of aromatic nitrogens is 3. The number of nitrogens with zero attached hydrogens (tertiary/aromatic N) is 3. The molecule has 112 valence electrons. The molecule has 5 nitrogen and oxygen atoms in total. The van der Waals surface area contributed by atoms with E-state index in [0.29, 0.717) is 17.2 Å². The molecule has 0 aliphatic carbocycles. The van der Waals surface area contributed by atoms with Gasteiger partial charge in [-0.2, -0.15) is 0 Å². The smallest absolute Gasteiger partial charge is 0.362 e. The van der Waals surface area contributed by atoms with Crippen LogP contribution in [0.3, 0.4) is 0 Å². The van der Waals surface area contributed by atoms with E-state index < -0.39 is 17.0 Å². The van der Waals surface area contributed by atoms with Gasteiger partial charge in [0, 0.05) is 12.5 Å². The molecule has 2 rings (SSSR count). The molecule has 2 aromatic heterocycles. The maximum Gasteiger partial charge on any atom is 0.362 e. The lowest BCUT2D eigenvalue weighted by Gasteiger charge is -2.14. The van der Waals surface area contributed by atoms with Gasteiger partial charge >= 0.3 is 11.4 Å². The van der Waals surface area contributed by atoms with Crippen molar-refractivity contribution in [3.8, 4) is 5.82 Å². The van der Waals surface area contributed by atoms with Gasteiger partial charge < -0.3 is 5.21 Å². The fourth-order valence-electron chi connectivity index (χ4n) is 2.26. The summed E-state index contributed by atoms with van der Waals surface area (Å²) in [6.45, 7) is 5.40. The highest BCUT2D eigenvalue weighted by Crippen LogP contribution is 2.27. The van der Waals surface area contributed by atoms with Crippen molar-refractivity contribution >= 4 is 0 Å². The molecule has 0 N–H and O–H groups in total. The van der Waals surface area contributed by atoms with Crippen LogP contribution in [0.25, 0.3) is 5.82 Å². The first-order valence-corrected chi connectivity index (χ1v) is 6.31. The Morgan fingerprint density at radius 3 is 2.48 bits per heavy atom. The predicted molar refractivity (Wildman–Crippen MR) is 72.6 cm³/mol. The summed E-state index contributed by atoms with van der Waals surface area (Å²) in [5, 5.41) is 15.7. The molecule has 7 heteroatoms. The fraction of sp³-hybridized carbons (Fsp3) is 0.357. The van der Waals surface area contributed by atoms with Gasteiger partial charge in [0.1, 0.15) is 0 Å². The second-order valence-corrected chi connectivity index (χ2v) is 5.14. The topological polar surface area (TPSA) is 61.8 Å². The van der Waals surface area contributed by atoms with E-state index >= 15 is 0 Å². The average Bonchev–Trinajstić information content (AvgIpc) is 2.31. The average molecular weight is 295 g/mol. The highest BCUT2D eigenvalue weighted by Gasteiger charge is 2.31. The van der Waals surface area contributed by atoms with Crippen molar-refractivity contribution in [3.05, 3.63) is 56.3 Å². The summed E-state index contributed by atoms with van der Waals surface area (Å²) in [5.74, 6) is -3.15. The van der Waals surface area contributed by atoms with Crippen LogP contribution in [0.2, 0.25) is 0 Å². The highest BCUT2D eigenvalue weighted by molar-refractivity contribution is 5.32. The Kier molecular flexibility index (Phi) is 3.52. The monoisotopic (exact) mass is 295 g/mol. The number of hydrogen-bond acceptors (Lipinski definition) is 3. The predicted octanol–water partition coefficient (Wildman–Crippen LogP) is 1.90. The van der Waals surface area contributed by atoms with Crippen molar-refractivity contribution in [3.63, 3.8) is 0 Å². The molecule has 0 aromatic carbocycles. The van der Waals surface area contributed by atoms with Gasteiger partial charge in [0.15, 0.2) is 0 Å². The van der Waals surface area contributed by atoms with Crippen molar-refractivity contribution in [2.24, 2.45) is 0 Å². The lowest BCUT2D eigenvalue weighted by atomic mass is 10.1. The van der Waals surface area contributed by atoms with Crippen LogP contribution in [0.5, 0.6) is 0 Å². The molecule has 0 bridgehead atoms. The molecule has 0 atom stereocenters. The van der Waals surface area contributed by atoms with Gasteiger partial charge in [-0.05, 0) is 32.4 Å². The Hall–Kier alpha value is -2.31. The molecule has 0 saturated heterocycles. The van der Waals surface area contributed by atoms with Crippen molar-refractivity contribution in [1.29, 1.82) is 0 Å². The summed E-state index contributed by atoms with van der Waals surface area (Å²) in [4.78, 5) is 12.2. The van der Waals surface area contributed by atoms with Gasteiger partial charge in [-0.15, -0.1) is 0 Å². The van der Waals surface area contributed by atoms with Crippen molar-refractivity contribution in [2.45, 2.75) is 33.6 Å². The van der Waals surface area contributed by atoms with Gasteiger partial charge in [0.05, 0.1) is 23.5 Å². The van der Waals surface area contributed by atoms with E-state index in [1.165, 1.54) is 13.1 Å². The first-order chi connectivity index (χ1) is 9.62. The standard InChI is InChI=1S/C14H15F2N3O2/c1-8-5-9(2)12(18(21)7-8)19-13(20)10(3)11(6-17-19)14(4,15)16/h5-7H,1-4H3. The second-order valence-electron chi connectivity index (χ2n) is 5.14. The van der Waals surface area contributed by atoms with Gasteiger partial charge in [-0.1, -0.05) is 9.78 Å². The Bertz CT molecular complexity index is 741. The normalized spacial score (nSPS) is 11.7. The maximum absolute atomic E-state index is 13.4. The van der Waals surface area contributed by atoms with E-state index in [-0.39, 0.29) is 11.4 Å². The number of aryl methyl sites for hydroxylation is 2. The zero-order valence-electron chi connectivity index (χ0n) is 12.1. The van der Waals surface area contributed by atoms with Crippen LogP contribution in [0.15, 0.2) is 23.3 Å². The minimum absolute atomic E-state index is 0.0136. The Morgan fingerprint density at radius 1 is 1.33 bits per heavy atom. The zero-order chi connectivity index (χ0) is 15.9. The van der Waals surface area contributed by atoms with Gasteiger partial charge in [0.25, 0.3) is 5.92 Å². The molecule has 0 spiro atoms. The lowest BCUT2D eigenvalue weighted by Crippen LogP contribution is -2.39. The van der Waals surface area contributed by atoms with Gasteiger partial charge in [-0.3, -0.25) is 0 Å². The van der Waals surface area contributed by atoms with Gasteiger partial charge in [-0.25, -0.2) is 18.3 Å². The van der Waals surface area contributed by atoms with Gasteiger partial charge in [0.2, 0.25) is 0 Å². The van der Waals surface area contributed by atoms with Crippen LogP contribution < -0.4 is 10.3 Å². The first-order valence-electron chi connectivity index (χ1n) is 6.31. The Balaban J connectivity index is 2.74. The summed E-state index contributed by atoms with van der Waals surface area (Å²) < 4.78 is 28.1. The molecule has 2 aromatic rings. The Labute approximate surface area is 120 Å².